The summed E-state index contributed by atoms with van der Waals surface area (Å²) in [4.78, 5) is 20.7. The third-order valence-electron chi connectivity index (χ3n) is 4.08. The molecule has 2 aromatic rings. The van der Waals surface area contributed by atoms with Crippen molar-refractivity contribution in [2.45, 2.75) is 13.0 Å². The van der Waals surface area contributed by atoms with E-state index in [0.29, 0.717) is 29.4 Å². The molecule has 0 aliphatic rings. The van der Waals surface area contributed by atoms with Gasteiger partial charge in [-0.15, -0.1) is 0 Å². The predicted molar refractivity (Wildman–Crippen MR) is 110 cm³/mol. The van der Waals surface area contributed by atoms with Crippen molar-refractivity contribution in [3.8, 4) is 0 Å². The molecule has 1 aromatic carbocycles. The second-order valence-electron chi connectivity index (χ2n) is 6.66. The summed E-state index contributed by atoms with van der Waals surface area (Å²) in [5.74, 6) is 0.223. The number of hydrogen-bond acceptors (Lipinski definition) is 6. The number of para-hydroxylation sites is 2. The van der Waals surface area contributed by atoms with Crippen molar-refractivity contribution in [1.82, 2.24) is 14.8 Å². The van der Waals surface area contributed by atoms with Gasteiger partial charge in [-0.05, 0) is 50.8 Å². The normalized spacial score (nSPS) is 10.6. The van der Waals surface area contributed by atoms with Crippen LogP contribution in [0.4, 0.5) is 11.4 Å². The number of anilines is 2. The van der Waals surface area contributed by atoms with Crippen LogP contribution < -0.4 is 16.8 Å². The lowest BCUT2D eigenvalue weighted by molar-refractivity contribution is 0.102. The van der Waals surface area contributed by atoms with Crippen LogP contribution in [0.25, 0.3) is 0 Å². The zero-order valence-electron chi connectivity index (χ0n) is 16.0. The van der Waals surface area contributed by atoms with Crippen LogP contribution >= 0.6 is 0 Å². The lowest BCUT2D eigenvalue weighted by Gasteiger charge is -2.25. The quantitative estimate of drug-likeness (QED) is 0.586. The Morgan fingerprint density at radius 3 is 2.52 bits per heavy atom. The van der Waals surface area contributed by atoms with Gasteiger partial charge < -0.3 is 26.6 Å². The van der Waals surface area contributed by atoms with Gasteiger partial charge in [-0.2, -0.15) is 0 Å². The minimum Gasteiger partial charge on any atom is -0.397 e. The number of hydrogen-bond donors (Lipinski definition) is 3. The van der Waals surface area contributed by atoms with Crippen molar-refractivity contribution >= 4 is 17.3 Å². The third kappa shape index (κ3) is 6.31. The van der Waals surface area contributed by atoms with Gasteiger partial charge in [-0.25, -0.2) is 0 Å². The molecule has 0 fully saturated rings. The van der Waals surface area contributed by atoms with E-state index in [1.165, 1.54) is 0 Å². The summed E-state index contributed by atoms with van der Waals surface area (Å²) in [5, 5.41) is 2.77. The number of carbonyl (C=O) groups excluding carboxylic acids is 1. The van der Waals surface area contributed by atoms with Crippen LogP contribution in [0.5, 0.6) is 0 Å². The number of nitrogens with two attached hydrogens (primary N) is 2. The Morgan fingerprint density at radius 1 is 1.19 bits per heavy atom. The Hall–Kier alpha value is -3.06. The van der Waals surface area contributed by atoms with Gasteiger partial charge in [0.05, 0.1) is 17.2 Å². The van der Waals surface area contributed by atoms with Gasteiger partial charge in [0.15, 0.2) is 0 Å². The van der Waals surface area contributed by atoms with Crippen LogP contribution in [0.15, 0.2) is 55.0 Å². The third-order valence-corrected chi connectivity index (χ3v) is 4.08. The largest absolute Gasteiger partial charge is 0.397 e. The fourth-order valence-electron chi connectivity index (χ4n) is 2.57. The highest BCUT2D eigenvalue weighted by Crippen LogP contribution is 2.17. The molecule has 0 radical (unpaired) electrons. The molecule has 0 aliphatic carbocycles. The van der Waals surface area contributed by atoms with Crippen molar-refractivity contribution in [2.24, 2.45) is 5.73 Å². The Morgan fingerprint density at radius 2 is 1.93 bits per heavy atom. The molecule has 1 aromatic heterocycles. The van der Waals surface area contributed by atoms with Gasteiger partial charge in [-0.1, -0.05) is 24.8 Å². The number of benzene rings is 1. The lowest BCUT2D eigenvalue weighted by Crippen LogP contribution is -2.29. The Balaban J connectivity index is 1.97. The smallest absolute Gasteiger partial charge is 0.274 e. The first-order valence-corrected chi connectivity index (χ1v) is 8.81. The zero-order chi connectivity index (χ0) is 19.8. The molecule has 0 unspecified atom stereocenters. The van der Waals surface area contributed by atoms with Gasteiger partial charge in [0.2, 0.25) is 0 Å². The van der Waals surface area contributed by atoms with E-state index in [1.54, 1.807) is 24.4 Å². The summed E-state index contributed by atoms with van der Waals surface area (Å²) in [5.41, 5.74) is 14.1. The maximum absolute atomic E-state index is 12.3. The second-order valence-corrected chi connectivity index (χ2v) is 6.66. The van der Waals surface area contributed by atoms with Crippen molar-refractivity contribution in [3.05, 3.63) is 66.3 Å². The van der Waals surface area contributed by atoms with Crippen LogP contribution in [0.3, 0.4) is 0 Å². The number of rotatable bonds is 9. The summed E-state index contributed by atoms with van der Waals surface area (Å²) >= 11 is 0. The summed E-state index contributed by atoms with van der Waals surface area (Å²) < 4.78 is 0. The number of nitrogen functional groups attached to an aromatic ring is 1. The molecule has 27 heavy (non-hydrogen) atoms. The molecule has 0 atom stereocenters. The molecule has 1 amide bonds. The van der Waals surface area contributed by atoms with Crippen LogP contribution in [0.2, 0.25) is 0 Å². The molecule has 0 spiro atoms. The summed E-state index contributed by atoms with van der Waals surface area (Å²) in [6.07, 6.45) is 2.67. The topological polar surface area (TPSA) is 101 Å². The zero-order valence-corrected chi connectivity index (χ0v) is 16.0. The second kappa shape index (κ2) is 9.59. The summed E-state index contributed by atoms with van der Waals surface area (Å²) in [7, 11) is 4.08. The molecule has 0 aliphatic heterocycles. The van der Waals surface area contributed by atoms with E-state index in [0.717, 1.165) is 25.1 Å². The molecule has 2 rings (SSSR count). The van der Waals surface area contributed by atoms with Gasteiger partial charge in [0.1, 0.15) is 5.69 Å². The van der Waals surface area contributed by atoms with Crippen LogP contribution in [-0.4, -0.2) is 47.9 Å². The minimum atomic E-state index is -0.300. The standard InChI is InChI=1S/C20H28N6O/c1-15(21)26(12-6-11-25(2)3)14-16-9-10-19(23-13-16)20(27)24-18-8-5-4-7-17(18)22/h4-5,7-10,13H,1,6,11-12,14,21-22H2,2-3H3,(H,24,27). The van der Waals surface area contributed by atoms with Crippen molar-refractivity contribution in [3.63, 3.8) is 0 Å². The van der Waals surface area contributed by atoms with E-state index < -0.39 is 0 Å². The number of amides is 1. The monoisotopic (exact) mass is 368 g/mol. The maximum atomic E-state index is 12.3. The molecule has 144 valence electrons. The molecule has 0 saturated carbocycles. The maximum Gasteiger partial charge on any atom is 0.274 e. The average Bonchev–Trinajstić information content (AvgIpc) is 2.63. The molecule has 7 nitrogen and oxygen atoms in total. The average molecular weight is 368 g/mol. The first kappa shape index (κ1) is 20.3. The Kier molecular flexibility index (Phi) is 7.19. The highest BCUT2D eigenvalue weighted by Gasteiger charge is 2.11. The van der Waals surface area contributed by atoms with Crippen LogP contribution in [-0.2, 0) is 6.54 Å². The fourth-order valence-corrected chi connectivity index (χ4v) is 2.57. The number of nitrogens with one attached hydrogen (secondary N) is 1. The van der Waals surface area contributed by atoms with Crippen LogP contribution in [0.1, 0.15) is 22.5 Å². The van der Waals surface area contributed by atoms with E-state index in [1.807, 2.05) is 37.2 Å². The fraction of sp³-hybridized carbons (Fsp3) is 0.300. The summed E-state index contributed by atoms with van der Waals surface area (Å²) in [6.45, 7) is 6.23. The highest BCUT2D eigenvalue weighted by atomic mass is 16.1. The molecule has 0 bridgehead atoms. The first-order valence-electron chi connectivity index (χ1n) is 8.81. The molecular formula is C20H28N6O. The van der Waals surface area contributed by atoms with Crippen molar-refractivity contribution in [1.29, 1.82) is 0 Å². The van der Waals surface area contributed by atoms with Gasteiger partial charge in [0.25, 0.3) is 5.91 Å². The highest BCUT2D eigenvalue weighted by molar-refractivity contribution is 6.04. The van der Waals surface area contributed by atoms with E-state index in [9.17, 15) is 4.79 Å². The minimum absolute atomic E-state index is 0.300. The van der Waals surface area contributed by atoms with Gasteiger partial charge >= 0.3 is 0 Å². The summed E-state index contributed by atoms with van der Waals surface area (Å²) in [6, 6.07) is 10.7. The first-order chi connectivity index (χ1) is 12.9. The number of nitrogens with zero attached hydrogens (tertiary/aromatic N) is 3. The molecule has 5 N–H and O–H groups in total. The molecule has 0 saturated heterocycles. The lowest BCUT2D eigenvalue weighted by atomic mass is 10.2. The molecular weight excluding hydrogens is 340 g/mol. The number of carbonyl (C=O) groups is 1. The van der Waals surface area contributed by atoms with Crippen LogP contribution in [0, 0.1) is 0 Å². The Labute approximate surface area is 160 Å². The van der Waals surface area contributed by atoms with Gasteiger partial charge in [-0.3, -0.25) is 9.78 Å². The number of aromatic nitrogens is 1. The van der Waals surface area contributed by atoms with E-state index in [2.05, 4.69) is 21.8 Å². The predicted octanol–water partition coefficient (Wildman–Crippen LogP) is 2.10. The van der Waals surface area contributed by atoms with Gasteiger partial charge in [0, 0.05) is 19.3 Å². The number of pyridine rings is 1. The van der Waals surface area contributed by atoms with E-state index >= 15 is 0 Å². The molecule has 1 heterocycles. The SMILES string of the molecule is C=C(N)N(CCCN(C)C)Cc1ccc(C(=O)Nc2ccccc2N)nc1. The molecule has 7 heteroatoms. The van der Waals surface area contributed by atoms with Crippen molar-refractivity contribution in [2.75, 3.05) is 38.2 Å². The van der Waals surface area contributed by atoms with E-state index in [4.69, 9.17) is 11.5 Å². The Bertz CT molecular complexity index is 772. The van der Waals surface area contributed by atoms with Crippen molar-refractivity contribution < 1.29 is 4.79 Å². The van der Waals surface area contributed by atoms with E-state index in [-0.39, 0.29) is 5.91 Å².